The molecule has 0 amide bonds. The smallest absolute Gasteiger partial charge is 0.163 e. The van der Waals surface area contributed by atoms with Crippen LogP contribution in [-0.4, -0.2) is 5.60 Å². The zero-order chi connectivity index (χ0) is 14.3. The third-order valence-electron chi connectivity index (χ3n) is 3.12. The zero-order valence-electron chi connectivity index (χ0n) is 11.2. The number of benzene rings is 2. The van der Waals surface area contributed by atoms with Gasteiger partial charge in [0.2, 0.25) is 0 Å². The van der Waals surface area contributed by atoms with Crippen LogP contribution in [-0.2, 0) is 0 Å². The molecule has 0 fully saturated rings. The molecule has 0 atom stereocenters. The van der Waals surface area contributed by atoms with E-state index in [1.807, 2.05) is 50.2 Å². The number of fused-ring (bicyclic) bond motifs is 3. The van der Waals surface area contributed by atoms with Crippen molar-refractivity contribution in [2.24, 2.45) is 0 Å². The van der Waals surface area contributed by atoms with Gasteiger partial charge in [0, 0.05) is 15.8 Å². The molecule has 3 rings (SSSR count). The van der Waals surface area contributed by atoms with Gasteiger partial charge in [-0.15, -0.1) is 6.42 Å². The molecular weight excluding hydrogens is 272 g/mol. The van der Waals surface area contributed by atoms with Crippen molar-refractivity contribution in [3.05, 3.63) is 41.4 Å². The summed E-state index contributed by atoms with van der Waals surface area (Å²) < 4.78 is 11.6. The lowest BCUT2D eigenvalue weighted by molar-refractivity contribution is 0.173. The minimum absolute atomic E-state index is 0.648. The maximum atomic E-state index is 6.05. The fourth-order valence-electron chi connectivity index (χ4n) is 2.12. The molecule has 3 aromatic rings. The van der Waals surface area contributed by atoms with Crippen LogP contribution in [0.2, 0.25) is 5.02 Å². The van der Waals surface area contributed by atoms with Crippen LogP contribution in [0.3, 0.4) is 0 Å². The summed E-state index contributed by atoms with van der Waals surface area (Å²) in [5.41, 5.74) is 0.955. The number of rotatable bonds is 2. The molecule has 0 aliphatic heterocycles. The van der Waals surface area contributed by atoms with E-state index in [9.17, 15) is 0 Å². The Morgan fingerprint density at radius 3 is 2.45 bits per heavy atom. The van der Waals surface area contributed by atoms with Gasteiger partial charge in [-0.1, -0.05) is 17.5 Å². The van der Waals surface area contributed by atoms with E-state index < -0.39 is 5.60 Å². The standard InChI is InChI=1S/C17H13ClO2/c1-4-17(2,3)20-12-6-8-16-14(10-12)13-9-11(18)5-7-15(13)19-16/h1,5-10H,2-3H3. The lowest BCUT2D eigenvalue weighted by Crippen LogP contribution is -2.25. The number of hydrogen-bond donors (Lipinski definition) is 0. The maximum absolute atomic E-state index is 6.05. The minimum Gasteiger partial charge on any atom is -0.475 e. The van der Waals surface area contributed by atoms with Crippen LogP contribution >= 0.6 is 11.6 Å². The summed E-state index contributed by atoms with van der Waals surface area (Å²) in [6, 6.07) is 11.2. The Balaban J connectivity index is 2.17. The molecule has 1 heterocycles. The second-order valence-corrected chi connectivity index (χ2v) is 5.59. The van der Waals surface area contributed by atoms with E-state index in [0.717, 1.165) is 21.9 Å². The highest BCUT2D eigenvalue weighted by Crippen LogP contribution is 2.33. The van der Waals surface area contributed by atoms with Gasteiger partial charge in [-0.3, -0.25) is 0 Å². The van der Waals surface area contributed by atoms with Gasteiger partial charge in [0.1, 0.15) is 16.9 Å². The summed E-state index contributed by atoms with van der Waals surface area (Å²) in [6.45, 7) is 3.70. The highest BCUT2D eigenvalue weighted by molar-refractivity contribution is 6.31. The molecule has 0 saturated carbocycles. The quantitative estimate of drug-likeness (QED) is 0.616. The number of hydrogen-bond acceptors (Lipinski definition) is 2. The molecule has 3 heteroatoms. The van der Waals surface area contributed by atoms with Crippen LogP contribution in [0.4, 0.5) is 0 Å². The van der Waals surface area contributed by atoms with Gasteiger partial charge in [0.25, 0.3) is 0 Å². The molecule has 2 nitrogen and oxygen atoms in total. The monoisotopic (exact) mass is 284 g/mol. The molecule has 20 heavy (non-hydrogen) atoms. The fraction of sp³-hybridized carbons (Fsp3) is 0.176. The second kappa shape index (κ2) is 4.47. The molecule has 0 bridgehead atoms. The largest absolute Gasteiger partial charge is 0.475 e. The molecule has 100 valence electrons. The summed E-state index contributed by atoms with van der Waals surface area (Å²) in [4.78, 5) is 0. The van der Waals surface area contributed by atoms with E-state index in [1.165, 1.54) is 0 Å². The predicted molar refractivity (Wildman–Crippen MR) is 82.3 cm³/mol. The summed E-state index contributed by atoms with van der Waals surface area (Å²) in [7, 11) is 0. The summed E-state index contributed by atoms with van der Waals surface area (Å²) in [6.07, 6.45) is 5.45. The van der Waals surface area contributed by atoms with Gasteiger partial charge in [-0.05, 0) is 50.2 Å². The SMILES string of the molecule is C#CC(C)(C)Oc1ccc2oc3ccc(Cl)cc3c2c1. The Bertz CT molecular complexity index is 837. The first kappa shape index (κ1) is 12.9. The van der Waals surface area contributed by atoms with E-state index >= 15 is 0 Å². The third kappa shape index (κ3) is 2.21. The maximum Gasteiger partial charge on any atom is 0.163 e. The number of ether oxygens (including phenoxy) is 1. The van der Waals surface area contributed by atoms with Crippen molar-refractivity contribution < 1.29 is 9.15 Å². The normalized spacial score (nSPS) is 11.7. The highest BCUT2D eigenvalue weighted by atomic mass is 35.5. The first-order valence-electron chi connectivity index (χ1n) is 6.27. The number of terminal acetylenes is 1. The minimum atomic E-state index is -0.648. The Morgan fingerprint density at radius 1 is 1.10 bits per heavy atom. The van der Waals surface area contributed by atoms with Gasteiger partial charge in [0.05, 0.1) is 0 Å². The first-order chi connectivity index (χ1) is 9.48. The average Bonchev–Trinajstić information content (AvgIpc) is 2.76. The van der Waals surface area contributed by atoms with Crippen LogP contribution in [0.5, 0.6) is 5.75 Å². The second-order valence-electron chi connectivity index (χ2n) is 5.16. The van der Waals surface area contributed by atoms with Crippen molar-refractivity contribution in [3.8, 4) is 18.1 Å². The molecule has 0 N–H and O–H groups in total. The Morgan fingerprint density at radius 2 is 1.75 bits per heavy atom. The van der Waals surface area contributed by atoms with E-state index in [-0.39, 0.29) is 0 Å². The van der Waals surface area contributed by atoms with Crippen molar-refractivity contribution in [1.29, 1.82) is 0 Å². The highest BCUT2D eigenvalue weighted by Gasteiger charge is 2.16. The average molecular weight is 285 g/mol. The van der Waals surface area contributed by atoms with E-state index in [0.29, 0.717) is 10.8 Å². The van der Waals surface area contributed by atoms with Gasteiger partial charge in [-0.2, -0.15) is 0 Å². The van der Waals surface area contributed by atoms with Crippen LogP contribution < -0.4 is 4.74 Å². The number of halogens is 1. The predicted octanol–water partition coefficient (Wildman–Crippen LogP) is 5.03. The Kier molecular flexibility index (Phi) is 2.88. The van der Waals surface area contributed by atoms with E-state index in [4.69, 9.17) is 27.2 Å². The molecule has 0 unspecified atom stereocenters. The lowest BCUT2D eigenvalue weighted by atomic mass is 10.1. The van der Waals surface area contributed by atoms with Gasteiger partial charge in [0.15, 0.2) is 5.60 Å². The Hall–Kier alpha value is -2.11. The first-order valence-corrected chi connectivity index (χ1v) is 6.65. The summed E-state index contributed by atoms with van der Waals surface area (Å²) >= 11 is 6.05. The van der Waals surface area contributed by atoms with Crippen molar-refractivity contribution in [2.45, 2.75) is 19.4 Å². The molecule has 0 radical (unpaired) electrons. The van der Waals surface area contributed by atoms with Crippen molar-refractivity contribution >= 4 is 33.5 Å². The van der Waals surface area contributed by atoms with Crippen molar-refractivity contribution in [3.63, 3.8) is 0 Å². The molecular formula is C17H13ClO2. The van der Waals surface area contributed by atoms with Crippen LogP contribution in [0.15, 0.2) is 40.8 Å². The molecule has 2 aromatic carbocycles. The summed E-state index contributed by atoms with van der Waals surface area (Å²) in [5, 5.41) is 2.61. The van der Waals surface area contributed by atoms with Crippen molar-refractivity contribution in [2.75, 3.05) is 0 Å². The zero-order valence-corrected chi connectivity index (χ0v) is 12.0. The van der Waals surface area contributed by atoms with Crippen LogP contribution in [0.1, 0.15) is 13.8 Å². The van der Waals surface area contributed by atoms with Gasteiger partial charge < -0.3 is 9.15 Å². The van der Waals surface area contributed by atoms with Gasteiger partial charge in [-0.25, -0.2) is 0 Å². The van der Waals surface area contributed by atoms with Gasteiger partial charge >= 0.3 is 0 Å². The van der Waals surface area contributed by atoms with E-state index in [2.05, 4.69) is 5.92 Å². The van der Waals surface area contributed by atoms with Crippen LogP contribution in [0.25, 0.3) is 21.9 Å². The molecule has 0 saturated heterocycles. The molecule has 0 spiro atoms. The van der Waals surface area contributed by atoms with Crippen molar-refractivity contribution in [1.82, 2.24) is 0 Å². The topological polar surface area (TPSA) is 22.4 Å². The molecule has 1 aromatic heterocycles. The Labute approximate surface area is 122 Å². The third-order valence-corrected chi connectivity index (χ3v) is 3.36. The molecule has 0 aliphatic rings. The van der Waals surface area contributed by atoms with Crippen LogP contribution in [0, 0.1) is 12.3 Å². The fourth-order valence-corrected chi connectivity index (χ4v) is 2.29. The number of furan rings is 1. The summed E-state index contributed by atoms with van der Waals surface area (Å²) in [5.74, 6) is 3.32. The van der Waals surface area contributed by atoms with E-state index in [1.54, 1.807) is 0 Å². The lowest BCUT2D eigenvalue weighted by Gasteiger charge is -2.20. The molecule has 0 aliphatic carbocycles.